The molecule has 0 aliphatic rings. The number of thiazole rings is 1. The van der Waals surface area contributed by atoms with E-state index in [0.29, 0.717) is 27.0 Å². The number of rotatable bonds is 4. The molecule has 22 heavy (non-hydrogen) atoms. The minimum absolute atomic E-state index is 0.511. The molecule has 1 atom stereocenters. The number of hydrogen-bond acceptors (Lipinski definition) is 3. The third kappa shape index (κ3) is 3.54. The molecule has 4 nitrogen and oxygen atoms in total. The Balaban J connectivity index is 2.57. The van der Waals surface area contributed by atoms with Crippen LogP contribution in [0.15, 0.2) is 23.2 Å². The lowest BCUT2D eigenvalue weighted by Crippen LogP contribution is -2.12. The maximum atomic E-state index is 11.4. The molecular weight excluding hydrogens is 343 g/mol. The second kappa shape index (κ2) is 6.86. The highest BCUT2D eigenvalue weighted by atomic mass is 35.5. The first-order valence-corrected chi connectivity index (χ1v) is 8.30. The summed E-state index contributed by atoms with van der Waals surface area (Å²) < 4.78 is 1.89. The standard InChI is InChI=1S/C15H16Cl2N2O2S/c1-4-12(14(20)21)13-8(2)19(3)15(22-13)18-11-6-9(16)5-10(17)7-11/h5-7,12H,4H2,1-3H3,(H,20,21)/b18-15+. The van der Waals surface area contributed by atoms with E-state index in [1.165, 1.54) is 11.3 Å². The van der Waals surface area contributed by atoms with Crippen LogP contribution in [0.25, 0.3) is 0 Å². The molecule has 0 saturated carbocycles. The van der Waals surface area contributed by atoms with Gasteiger partial charge in [-0.1, -0.05) is 30.1 Å². The van der Waals surface area contributed by atoms with Crippen LogP contribution in [0.5, 0.6) is 0 Å². The molecule has 7 heteroatoms. The molecular formula is C15H16Cl2N2O2S. The van der Waals surface area contributed by atoms with Crippen LogP contribution in [0, 0.1) is 6.92 Å². The Kier molecular flexibility index (Phi) is 5.32. The van der Waals surface area contributed by atoms with Gasteiger partial charge in [0.15, 0.2) is 4.80 Å². The first-order chi connectivity index (χ1) is 10.3. The summed E-state index contributed by atoms with van der Waals surface area (Å²) in [4.78, 5) is 17.5. The molecule has 1 aromatic carbocycles. The van der Waals surface area contributed by atoms with Gasteiger partial charge in [0.25, 0.3) is 0 Å². The van der Waals surface area contributed by atoms with E-state index in [9.17, 15) is 9.90 Å². The van der Waals surface area contributed by atoms with Crippen molar-refractivity contribution in [3.05, 3.63) is 43.6 Å². The number of aliphatic carboxylic acids is 1. The smallest absolute Gasteiger partial charge is 0.311 e. The summed E-state index contributed by atoms with van der Waals surface area (Å²) in [7, 11) is 1.87. The van der Waals surface area contributed by atoms with Crippen molar-refractivity contribution in [3.8, 4) is 0 Å². The van der Waals surface area contributed by atoms with Gasteiger partial charge in [-0.25, -0.2) is 4.99 Å². The van der Waals surface area contributed by atoms with E-state index in [-0.39, 0.29) is 0 Å². The number of aromatic nitrogens is 1. The van der Waals surface area contributed by atoms with Crippen LogP contribution in [-0.2, 0) is 11.8 Å². The van der Waals surface area contributed by atoms with E-state index in [2.05, 4.69) is 4.99 Å². The van der Waals surface area contributed by atoms with Crippen LogP contribution in [-0.4, -0.2) is 15.6 Å². The molecule has 0 bridgehead atoms. The van der Waals surface area contributed by atoms with E-state index in [4.69, 9.17) is 23.2 Å². The molecule has 0 saturated heterocycles. The molecule has 0 aliphatic heterocycles. The van der Waals surface area contributed by atoms with Crippen LogP contribution in [0.3, 0.4) is 0 Å². The van der Waals surface area contributed by atoms with Gasteiger partial charge < -0.3 is 9.67 Å². The predicted octanol–water partition coefficient (Wildman–Crippen LogP) is 4.51. The number of carbonyl (C=O) groups is 1. The monoisotopic (exact) mass is 358 g/mol. The van der Waals surface area contributed by atoms with Crippen LogP contribution < -0.4 is 4.80 Å². The highest BCUT2D eigenvalue weighted by Gasteiger charge is 2.23. The van der Waals surface area contributed by atoms with Gasteiger partial charge in [-0.3, -0.25) is 4.79 Å². The summed E-state index contributed by atoms with van der Waals surface area (Å²) in [5, 5.41) is 10.4. The fourth-order valence-corrected chi connectivity index (χ4v) is 3.99. The lowest BCUT2D eigenvalue weighted by Gasteiger charge is -2.08. The van der Waals surface area contributed by atoms with Gasteiger partial charge in [-0.05, 0) is 31.5 Å². The SMILES string of the molecule is CCC(C(=O)O)c1s/c(=N/c2cc(Cl)cc(Cl)c2)n(C)c1C. The largest absolute Gasteiger partial charge is 0.481 e. The van der Waals surface area contributed by atoms with Crippen molar-refractivity contribution in [2.75, 3.05) is 0 Å². The maximum absolute atomic E-state index is 11.4. The zero-order chi connectivity index (χ0) is 16.4. The third-order valence-corrected chi connectivity index (χ3v) is 5.23. The molecule has 0 aliphatic carbocycles. The average molecular weight is 359 g/mol. The van der Waals surface area contributed by atoms with Crippen molar-refractivity contribution in [3.63, 3.8) is 0 Å². The number of nitrogens with zero attached hydrogens (tertiary/aromatic N) is 2. The molecule has 118 valence electrons. The van der Waals surface area contributed by atoms with Gasteiger partial charge in [0.1, 0.15) is 0 Å². The van der Waals surface area contributed by atoms with Gasteiger partial charge in [-0.15, -0.1) is 11.3 Å². The first kappa shape index (κ1) is 17.1. The van der Waals surface area contributed by atoms with Crippen molar-refractivity contribution < 1.29 is 9.90 Å². The highest BCUT2D eigenvalue weighted by molar-refractivity contribution is 7.09. The van der Waals surface area contributed by atoms with Crippen molar-refractivity contribution in [1.29, 1.82) is 0 Å². The molecule has 0 radical (unpaired) electrons. The third-order valence-electron chi connectivity index (χ3n) is 3.44. The zero-order valence-corrected chi connectivity index (χ0v) is 14.8. The summed E-state index contributed by atoms with van der Waals surface area (Å²) in [6, 6.07) is 5.08. The van der Waals surface area contributed by atoms with Crippen LogP contribution in [0.2, 0.25) is 10.0 Å². The summed E-state index contributed by atoms with van der Waals surface area (Å²) >= 11 is 13.3. The Bertz CT molecular complexity index is 760. The van der Waals surface area contributed by atoms with Crippen LogP contribution >= 0.6 is 34.5 Å². The number of carboxylic acid groups (broad SMARTS) is 1. The molecule has 1 aromatic heterocycles. The molecule has 1 N–H and O–H groups in total. The van der Waals surface area contributed by atoms with E-state index >= 15 is 0 Å². The summed E-state index contributed by atoms with van der Waals surface area (Å²) in [5.41, 5.74) is 1.55. The van der Waals surface area contributed by atoms with Crippen molar-refractivity contribution in [1.82, 2.24) is 4.57 Å². The molecule has 2 rings (SSSR count). The maximum Gasteiger partial charge on any atom is 0.311 e. The molecule has 1 unspecified atom stereocenters. The normalized spacial score (nSPS) is 13.4. The Morgan fingerprint density at radius 2 is 1.95 bits per heavy atom. The quantitative estimate of drug-likeness (QED) is 0.873. The lowest BCUT2D eigenvalue weighted by molar-refractivity contribution is -0.138. The van der Waals surface area contributed by atoms with Gasteiger partial charge in [0.05, 0.1) is 11.6 Å². The summed E-state index contributed by atoms with van der Waals surface area (Å²) in [6.45, 7) is 3.77. The van der Waals surface area contributed by atoms with Gasteiger partial charge in [0.2, 0.25) is 0 Å². The fraction of sp³-hybridized carbons (Fsp3) is 0.333. The minimum atomic E-state index is -0.815. The molecule has 0 spiro atoms. The number of hydrogen-bond donors (Lipinski definition) is 1. The predicted molar refractivity (Wildman–Crippen MR) is 90.4 cm³/mol. The molecule has 1 heterocycles. The van der Waals surface area contributed by atoms with Crippen molar-refractivity contribution in [2.45, 2.75) is 26.2 Å². The van der Waals surface area contributed by atoms with E-state index in [1.807, 2.05) is 25.5 Å². The Morgan fingerprint density at radius 3 is 2.45 bits per heavy atom. The Labute approximate surface area is 142 Å². The van der Waals surface area contributed by atoms with Gasteiger partial charge >= 0.3 is 5.97 Å². The second-order valence-electron chi connectivity index (χ2n) is 4.93. The van der Waals surface area contributed by atoms with Crippen molar-refractivity contribution >= 4 is 46.2 Å². The van der Waals surface area contributed by atoms with Crippen LogP contribution in [0.1, 0.15) is 29.8 Å². The fourth-order valence-electron chi connectivity index (χ4n) is 2.16. The van der Waals surface area contributed by atoms with Crippen molar-refractivity contribution in [2.24, 2.45) is 12.0 Å². The molecule has 0 amide bonds. The zero-order valence-electron chi connectivity index (χ0n) is 12.4. The topological polar surface area (TPSA) is 54.6 Å². The summed E-state index contributed by atoms with van der Waals surface area (Å²) in [5.74, 6) is -1.33. The highest BCUT2D eigenvalue weighted by Crippen LogP contribution is 2.27. The lowest BCUT2D eigenvalue weighted by atomic mass is 10.0. The number of halogens is 2. The van der Waals surface area contributed by atoms with Gasteiger partial charge in [0, 0.05) is 27.7 Å². The van der Waals surface area contributed by atoms with Gasteiger partial charge in [-0.2, -0.15) is 0 Å². The first-order valence-electron chi connectivity index (χ1n) is 6.73. The Hall–Kier alpha value is -1.30. The molecule has 2 aromatic rings. The van der Waals surface area contributed by atoms with Crippen LogP contribution in [0.4, 0.5) is 5.69 Å². The van der Waals surface area contributed by atoms with E-state index in [1.54, 1.807) is 18.2 Å². The second-order valence-corrected chi connectivity index (χ2v) is 6.81. The van der Waals surface area contributed by atoms with E-state index < -0.39 is 11.9 Å². The van der Waals surface area contributed by atoms with E-state index in [0.717, 1.165) is 10.6 Å². The number of carboxylic acids is 1. The average Bonchev–Trinajstić information content (AvgIpc) is 2.67. The minimum Gasteiger partial charge on any atom is -0.481 e. The molecule has 0 fully saturated rings. The number of benzene rings is 1. The summed E-state index contributed by atoms with van der Waals surface area (Å²) in [6.07, 6.45) is 0.541. The Morgan fingerprint density at radius 1 is 1.36 bits per heavy atom.